The molecule has 3 rings (SSSR count). The summed E-state index contributed by atoms with van der Waals surface area (Å²) in [7, 11) is 0. The first kappa shape index (κ1) is 25.8. The maximum atomic E-state index is 12.5. The third kappa shape index (κ3) is 7.61. The van der Waals surface area contributed by atoms with Gasteiger partial charge in [0.05, 0.1) is 18.4 Å². The van der Waals surface area contributed by atoms with Crippen molar-refractivity contribution in [1.82, 2.24) is 14.7 Å². The topological polar surface area (TPSA) is 74.1 Å². The lowest BCUT2D eigenvalue weighted by Crippen LogP contribution is -2.38. The van der Waals surface area contributed by atoms with Gasteiger partial charge in [0.2, 0.25) is 0 Å². The lowest BCUT2D eigenvalue weighted by atomic mass is 9.90. The molecule has 1 aliphatic heterocycles. The molecule has 0 saturated carbocycles. The molecule has 1 aromatic heterocycles. The van der Waals surface area contributed by atoms with E-state index in [2.05, 4.69) is 31.6 Å². The third-order valence-corrected chi connectivity index (χ3v) is 6.10. The molecular formula is C22H25F3N6OS2. The molecule has 1 aliphatic rings. The summed E-state index contributed by atoms with van der Waals surface area (Å²) in [6.07, 6.45) is 0.593. The molecule has 1 aromatic carbocycles. The van der Waals surface area contributed by atoms with Crippen molar-refractivity contribution in [2.24, 2.45) is 10.1 Å². The second-order valence-electron chi connectivity index (χ2n) is 7.45. The minimum atomic E-state index is -4.73. The maximum absolute atomic E-state index is 12.5. The first-order chi connectivity index (χ1) is 16.3. The first-order valence-electron chi connectivity index (χ1n) is 10.5. The molecule has 7 nitrogen and oxygen atoms in total. The Morgan fingerprint density at radius 3 is 2.76 bits per heavy atom. The third-order valence-electron chi connectivity index (χ3n) is 5.00. The van der Waals surface area contributed by atoms with E-state index in [0.29, 0.717) is 12.4 Å². The normalized spacial score (nSPS) is 18.8. The Balaban J connectivity index is 1.66. The van der Waals surface area contributed by atoms with Crippen LogP contribution in [-0.4, -0.2) is 52.9 Å². The number of benzene rings is 1. The van der Waals surface area contributed by atoms with Crippen LogP contribution in [0.3, 0.4) is 0 Å². The molecule has 2 atom stereocenters. The van der Waals surface area contributed by atoms with Gasteiger partial charge >= 0.3 is 6.36 Å². The first-order valence-corrected chi connectivity index (χ1v) is 11.7. The molecule has 0 radical (unpaired) electrons. The Morgan fingerprint density at radius 2 is 2.15 bits per heavy atom. The minimum Gasteiger partial charge on any atom is -0.406 e. The zero-order chi connectivity index (χ0) is 24.6. The molecular weight excluding hydrogens is 485 g/mol. The number of anilines is 1. The molecule has 2 N–H and O–H groups in total. The monoisotopic (exact) mass is 510 g/mol. The van der Waals surface area contributed by atoms with Crippen LogP contribution < -0.4 is 15.4 Å². The van der Waals surface area contributed by atoms with Gasteiger partial charge in [-0.2, -0.15) is 9.47 Å². The van der Waals surface area contributed by atoms with Crippen molar-refractivity contribution in [2.45, 2.75) is 38.1 Å². The molecule has 2 unspecified atom stereocenters. The minimum absolute atomic E-state index is 0.126. The van der Waals surface area contributed by atoms with Crippen molar-refractivity contribution in [3.63, 3.8) is 0 Å². The second-order valence-corrected chi connectivity index (χ2v) is 8.53. The van der Waals surface area contributed by atoms with Crippen molar-refractivity contribution >= 4 is 46.7 Å². The van der Waals surface area contributed by atoms with Gasteiger partial charge in [0.15, 0.2) is 0 Å². The van der Waals surface area contributed by atoms with Gasteiger partial charge in [0.25, 0.3) is 0 Å². The van der Waals surface area contributed by atoms with E-state index in [9.17, 15) is 13.2 Å². The number of ether oxygens (including phenoxy) is 1. The van der Waals surface area contributed by atoms with Gasteiger partial charge in [-0.3, -0.25) is 15.3 Å². The van der Waals surface area contributed by atoms with E-state index in [-0.39, 0.29) is 24.4 Å². The zero-order valence-electron chi connectivity index (χ0n) is 18.5. The average Bonchev–Trinajstić information content (AvgIpc) is 3.22. The van der Waals surface area contributed by atoms with Crippen LogP contribution in [0.2, 0.25) is 0 Å². The summed E-state index contributed by atoms with van der Waals surface area (Å²) < 4.78 is 45.6. The molecule has 1 fully saturated rings. The standard InChI is InChI=1S/C22H25F3N6OS2/c1-15-12-20(34-30-15)27-10-9-17(13-33)28-14-29-21-19(4-3-11-31(21)26-2)16-5-7-18(8-6-16)32-22(23,24)25/h5-10,12-13,17,19,27-28H,2-4,11,14H2,1H3/b10-9+,29-21?. The Bertz CT molecular complexity index is 1020. The van der Waals surface area contributed by atoms with Gasteiger partial charge in [-0.25, -0.2) is 0 Å². The number of amidine groups is 1. The predicted octanol–water partition coefficient (Wildman–Crippen LogP) is 5.08. The van der Waals surface area contributed by atoms with Gasteiger partial charge in [-0.1, -0.05) is 24.4 Å². The van der Waals surface area contributed by atoms with Crippen molar-refractivity contribution in [3.8, 4) is 5.75 Å². The fourth-order valence-corrected chi connectivity index (χ4v) is 4.31. The number of aromatic nitrogens is 1. The van der Waals surface area contributed by atoms with Crippen molar-refractivity contribution in [2.75, 3.05) is 18.5 Å². The molecule has 0 spiro atoms. The van der Waals surface area contributed by atoms with Crippen molar-refractivity contribution < 1.29 is 17.9 Å². The molecule has 0 amide bonds. The number of alkyl halides is 3. The Hall–Kier alpha value is -2.83. The number of nitrogens with zero attached hydrogens (tertiary/aromatic N) is 4. The summed E-state index contributed by atoms with van der Waals surface area (Å²) in [5.74, 6) is 0.311. The number of rotatable bonds is 10. The highest BCUT2D eigenvalue weighted by Crippen LogP contribution is 2.31. The molecule has 2 aromatic rings. The molecule has 12 heteroatoms. The quantitative estimate of drug-likeness (QED) is 0.343. The number of aryl methyl sites for hydroxylation is 1. The highest BCUT2D eigenvalue weighted by Gasteiger charge is 2.32. The SMILES string of the molecule is C=NN1CCCC(c2ccc(OC(F)(F)F)cc2)C1=NCNC(C=S)/C=C/Nc1cc(C)ns1. The summed E-state index contributed by atoms with van der Waals surface area (Å²) in [6, 6.07) is 7.61. The van der Waals surface area contributed by atoms with E-state index in [1.54, 1.807) is 28.7 Å². The lowest BCUT2D eigenvalue weighted by molar-refractivity contribution is -0.274. The molecule has 0 aliphatic carbocycles. The molecule has 34 heavy (non-hydrogen) atoms. The molecule has 1 saturated heterocycles. The average molecular weight is 511 g/mol. The highest BCUT2D eigenvalue weighted by atomic mass is 32.1. The van der Waals surface area contributed by atoms with Crippen LogP contribution in [0, 0.1) is 6.92 Å². The van der Waals surface area contributed by atoms with E-state index in [1.165, 1.54) is 23.7 Å². The lowest BCUT2D eigenvalue weighted by Gasteiger charge is -2.32. The van der Waals surface area contributed by atoms with Gasteiger partial charge < -0.3 is 10.1 Å². The Kier molecular flexibility index (Phi) is 9.13. The smallest absolute Gasteiger partial charge is 0.406 e. The van der Waals surface area contributed by atoms with E-state index < -0.39 is 6.36 Å². The van der Waals surface area contributed by atoms with E-state index >= 15 is 0 Å². The van der Waals surface area contributed by atoms with Crippen LogP contribution >= 0.6 is 23.8 Å². The number of nitrogens with one attached hydrogen (secondary N) is 2. The predicted molar refractivity (Wildman–Crippen MR) is 134 cm³/mol. The maximum Gasteiger partial charge on any atom is 0.573 e. The van der Waals surface area contributed by atoms with Crippen LogP contribution in [0.15, 0.2) is 52.7 Å². The summed E-state index contributed by atoms with van der Waals surface area (Å²) in [6.45, 7) is 6.50. The zero-order valence-corrected chi connectivity index (χ0v) is 20.1. The van der Waals surface area contributed by atoms with Crippen LogP contribution in [0.1, 0.15) is 30.0 Å². The number of hydrogen-bond acceptors (Lipinski definition) is 8. The second kappa shape index (κ2) is 12.0. The number of hydrogen-bond donors (Lipinski definition) is 2. The highest BCUT2D eigenvalue weighted by molar-refractivity contribution is 7.79. The summed E-state index contributed by atoms with van der Waals surface area (Å²) in [4.78, 5) is 4.69. The summed E-state index contributed by atoms with van der Waals surface area (Å²) in [5, 5.41) is 14.7. The number of halogens is 3. The van der Waals surface area contributed by atoms with Crippen molar-refractivity contribution in [3.05, 3.63) is 53.9 Å². The summed E-state index contributed by atoms with van der Waals surface area (Å²) >= 11 is 6.49. The number of piperidine rings is 1. The molecule has 0 bridgehead atoms. The van der Waals surface area contributed by atoms with Crippen LogP contribution in [-0.2, 0) is 0 Å². The van der Waals surface area contributed by atoms with E-state index in [4.69, 9.17) is 17.2 Å². The molecule has 2 heterocycles. The van der Waals surface area contributed by atoms with Crippen molar-refractivity contribution in [1.29, 1.82) is 0 Å². The molecule has 182 valence electrons. The van der Waals surface area contributed by atoms with Crippen LogP contribution in [0.4, 0.5) is 18.2 Å². The van der Waals surface area contributed by atoms with Gasteiger partial charge in [0.1, 0.15) is 16.6 Å². The van der Waals surface area contributed by atoms with Crippen LogP contribution in [0.25, 0.3) is 0 Å². The van der Waals surface area contributed by atoms with E-state index in [0.717, 1.165) is 29.1 Å². The van der Waals surface area contributed by atoms with Gasteiger partial charge in [-0.05, 0) is 72.7 Å². The fraction of sp³-hybridized carbons (Fsp3) is 0.364. The van der Waals surface area contributed by atoms with Gasteiger partial charge in [-0.15, -0.1) is 13.2 Å². The van der Waals surface area contributed by atoms with Gasteiger partial charge in [0, 0.05) is 19.2 Å². The van der Waals surface area contributed by atoms with E-state index in [1.807, 2.05) is 19.1 Å². The Morgan fingerprint density at radius 1 is 1.38 bits per heavy atom. The number of aliphatic imine (C=N–C) groups is 1. The van der Waals surface area contributed by atoms with Crippen LogP contribution in [0.5, 0.6) is 5.75 Å². The number of hydrazone groups is 1. The Labute approximate surface area is 205 Å². The number of thiocarbonyl (C=S) groups is 1. The summed E-state index contributed by atoms with van der Waals surface area (Å²) in [5.41, 5.74) is 1.78. The largest absolute Gasteiger partial charge is 0.573 e. The fourth-order valence-electron chi connectivity index (χ4n) is 3.48.